The van der Waals surface area contributed by atoms with Gasteiger partial charge in [0.2, 0.25) is 11.9 Å². The Hall–Kier alpha value is -2.61. The summed E-state index contributed by atoms with van der Waals surface area (Å²) in [5.41, 5.74) is 2.63. The lowest BCUT2D eigenvalue weighted by Crippen LogP contribution is -2.34. The van der Waals surface area contributed by atoms with E-state index < -0.39 is 0 Å². The predicted molar refractivity (Wildman–Crippen MR) is 161 cm³/mol. The SMILES string of the molecule is CNC(=O)CCCNc1nc2ccc(C(=O)N(CCC(C)C)CCC(C)C)cc2n1CCCN1CCCCC1. The maximum atomic E-state index is 13.7. The van der Waals surface area contributed by atoms with Crippen molar-refractivity contribution in [3.63, 3.8) is 0 Å². The number of nitrogens with one attached hydrogen (secondary N) is 2. The van der Waals surface area contributed by atoms with E-state index in [2.05, 4.69) is 47.8 Å². The lowest BCUT2D eigenvalue weighted by Gasteiger charge is -2.26. The van der Waals surface area contributed by atoms with E-state index in [1.54, 1.807) is 7.05 Å². The Bertz CT molecular complexity index is 1030. The fraction of sp³-hybridized carbons (Fsp3) is 0.710. The van der Waals surface area contributed by atoms with Gasteiger partial charge in [0.15, 0.2) is 0 Å². The number of rotatable bonds is 16. The number of imidazole rings is 1. The van der Waals surface area contributed by atoms with Gasteiger partial charge >= 0.3 is 0 Å². The second-order valence-electron chi connectivity index (χ2n) is 11.9. The van der Waals surface area contributed by atoms with E-state index in [9.17, 15) is 9.59 Å². The molecule has 1 aromatic carbocycles. The van der Waals surface area contributed by atoms with Gasteiger partial charge in [-0.15, -0.1) is 0 Å². The highest BCUT2D eigenvalue weighted by molar-refractivity contribution is 5.97. The second-order valence-corrected chi connectivity index (χ2v) is 11.9. The first-order chi connectivity index (χ1) is 18.8. The summed E-state index contributed by atoms with van der Waals surface area (Å²) in [4.78, 5) is 34.8. The van der Waals surface area contributed by atoms with Crippen LogP contribution in [0.5, 0.6) is 0 Å². The number of aromatic nitrogens is 2. The van der Waals surface area contributed by atoms with Gasteiger partial charge in [0.25, 0.3) is 5.91 Å². The smallest absolute Gasteiger partial charge is 0.253 e. The fourth-order valence-corrected chi connectivity index (χ4v) is 5.15. The van der Waals surface area contributed by atoms with Crippen molar-refractivity contribution in [1.29, 1.82) is 0 Å². The van der Waals surface area contributed by atoms with Crippen LogP contribution in [0.4, 0.5) is 5.95 Å². The zero-order valence-corrected chi connectivity index (χ0v) is 25.1. The average Bonchev–Trinajstić information content (AvgIpc) is 3.27. The number of carbonyl (C=O) groups is 2. The molecule has 0 bridgehead atoms. The van der Waals surface area contributed by atoms with E-state index in [1.807, 2.05) is 23.1 Å². The summed E-state index contributed by atoms with van der Waals surface area (Å²) < 4.78 is 2.24. The Morgan fingerprint density at radius 3 is 2.31 bits per heavy atom. The fourth-order valence-electron chi connectivity index (χ4n) is 5.15. The Balaban J connectivity index is 1.81. The van der Waals surface area contributed by atoms with Crippen LogP contribution in [-0.2, 0) is 11.3 Å². The van der Waals surface area contributed by atoms with Gasteiger partial charge in [-0.25, -0.2) is 4.98 Å². The third-order valence-electron chi connectivity index (χ3n) is 7.68. The Morgan fingerprint density at radius 1 is 0.974 bits per heavy atom. The van der Waals surface area contributed by atoms with Crippen molar-refractivity contribution >= 4 is 28.8 Å². The molecule has 8 heteroatoms. The standard InChI is InChI=1S/C31H52N6O2/c1-24(2)14-21-36(22-15-25(3)4)30(39)26-12-13-27-28(23-26)37(20-10-19-35-17-7-6-8-18-35)31(34-27)33-16-9-11-29(38)32-5/h12-13,23-25H,6-11,14-22H2,1-5H3,(H,32,38)(H,33,34). The maximum absolute atomic E-state index is 13.7. The van der Waals surface area contributed by atoms with Crippen LogP contribution in [0.15, 0.2) is 18.2 Å². The number of fused-ring (bicyclic) bond motifs is 1. The van der Waals surface area contributed by atoms with Crippen LogP contribution < -0.4 is 10.6 Å². The van der Waals surface area contributed by atoms with Crippen LogP contribution in [0.1, 0.15) is 89.4 Å². The Kier molecular flexibility index (Phi) is 12.6. The van der Waals surface area contributed by atoms with Crippen LogP contribution >= 0.6 is 0 Å². The van der Waals surface area contributed by atoms with Crippen LogP contribution in [0.2, 0.25) is 0 Å². The molecule has 1 aliphatic heterocycles. The maximum Gasteiger partial charge on any atom is 0.253 e. The third-order valence-corrected chi connectivity index (χ3v) is 7.68. The van der Waals surface area contributed by atoms with Crippen LogP contribution in [-0.4, -0.2) is 77.5 Å². The second kappa shape index (κ2) is 15.8. The monoisotopic (exact) mass is 540 g/mol. The summed E-state index contributed by atoms with van der Waals surface area (Å²) >= 11 is 0. The largest absolute Gasteiger partial charge is 0.359 e. The van der Waals surface area contributed by atoms with Crippen LogP contribution in [0.25, 0.3) is 11.0 Å². The number of anilines is 1. The number of hydrogen-bond acceptors (Lipinski definition) is 5. The number of piperidine rings is 1. The molecule has 0 saturated carbocycles. The van der Waals surface area contributed by atoms with E-state index in [1.165, 1.54) is 32.4 Å². The quantitative estimate of drug-likeness (QED) is 0.279. The summed E-state index contributed by atoms with van der Waals surface area (Å²) in [5.74, 6) is 2.09. The van der Waals surface area contributed by atoms with Crippen molar-refractivity contribution in [2.24, 2.45) is 11.8 Å². The van der Waals surface area contributed by atoms with Gasteiger partial charge in [0, 0.05) is 45.2 Å². The molecule has 2 N–H and O–H groups in total. The van der Waals surface area contributed by atoms with Crippen molar-refractivity contribution in [2.75, 3.05) is 51.6 Å². The zero-order chi connectivity index (χ0) is 28.2. The molecular formula is C31H52N6O2. The van der Waals surface area contributed by atoms with E-state index in [0.29, 0.717) is 24.8 Å². The first kappa shape index (κ1) is 30.9. The van der Waals surface area contributed by atoms with E-state index in [0.717, 1.165) is 74.4 Å². The molecule has 1 aliphatic rings. The van der Waals surface area contributed by atoms with Crippen LogP contribution in [0, 0.1) is 11.8 Å². The van der Waals surface area contributed by atoms with E-state index in [-0.39, 0.29) is 11.8 Å². The molecule has 3 rings (SSSR count). The molecule has 39 heavy (non-hydrogen) atoms. The number of benzene rings is 1. The highest BCUT2D eigenvalue weighted by Crippen LogP contribution is 2.24. The molecule has 1 aromatic heterocycles. The highest BCUT2D eigenvalue weighted by atomic mass is 16.2. The van der Waals surface area contributed by atoms with Crippen molar-refractivity contribution < 1.29 is 9.59 Å². The molecule has 2 aromatic rings. The van der Waals surface area contributed by atoms with Crippen molar-refractivity contribution in [3.8, 4) is 0 Å². The van der Waals surface area contributed by atoms with Gasteiger partial charge < -0.3 is 25.0 Å². The molecule has 1 saturated heterocycles. The molecule has 8 nitrogen and oxygen atoms in total. The summed E-state index contributed by atoms with van der Waals surface area (Å²) in [6.07, 6.45) is 8.19. The number of nitrogens with zero attached hydrogens (tertiary/aromatic N) is 4. The van der Waals surface area contributed by atoms with E-state index in [4.69, 9.17) is 4.98 Å². The van der Waals surface area contributed by atoms with Gasteiger partial charge in [-0.05, 0) is 88.2 Å². The average molecular weight is 541 g/mol. The van der Waals surface area contributed by atoms with Gasteiger partial charge in [-0.2, -0.15) is 0 Å². The molecule has 0 atom stereocenters. The summed E-state index contributed by atoms with van der Waals surface area (Å²) in [6.45, 7) is 15.4. The molecule has 0 unspecified atom stereocenters. The minimum absolute atomic E-state index is 0.0504. The molecule has 218 valence electrons. The van der Waals surface area contributed by atoms with Gasteiger partial charge in [0.05, 0.1) is 11.0 Å². The number of amides is 2. The normalized spacial score (nSPS) is 14.3. The van der Waals surface area contributed by atoms with Gasteiger partial charge in [0.1, 0.15) is 0 Å². The molecule has 2 amide bonds. The molecule has 0 spiro atoms. The van der Waals surface area contributed by atoms with Crippen LogP contribution in [0.3, 0.4) is 0 Å². The first-order valence-corrected chi connectivity index (χ1v) is 15.2. The van der Waals surface area contributed by atoms with Crippen molar-refractivity contribution in [2.45, 2.75) is 85.6 Å². The number of aryl methyl sites for hydroxylation is 1. The number of likely N-dealkylation sites (tertiary alicyclic amines) is 1. The summed E-state index contributed by atoms with van der Waals surface area (Å²) in [6, 6.07) is 5.96. The van der Waals surface area contributed by atoms with Gasteiger partial charge in [-0.1, -0.05) is 34.1 Å². The molecule has 2 heterocycles. The number of hydrogen-bond donors (Lipinski definition) is 2. The highest BCUT2D eigenvalue weighted by Gasteiger charge is 2.19. The Labute approximate surface area is 235 Å². The number of carbonyl (C=O) groups excluding carboxylic acids is 2. The first-order valence-electron chi connectivity index (χ1n) is 15.2. The van der Waals surface area contributed by atoms with Gasteiger partial charge in [-0.3, -0.25) is 9.59 Å². The van der Waals surface area contributed by atoms with Crippen molar-refractivity contribution in [1.82, 2.24) is 24.7 Å². The Morgan fingerprint density at radius 2 is 1.67 bits per heavy atom. The molecule has 1 fully saturated rings. The topological polar surface area (TPSA) is 82.5 Å². The van der Waals surface area contributed by atoms with Crippen molar-refractivity contribution in [3.05, 3.63) is 23.8 Å². The zero-order valence-electron chi connectivity index (χ0n) is 25.1. The van der Waals surface area contributed by atoms with E-state index >= 15 is 0 Å². The lowest BCUT2D eigenvalue weighted by atomic mass is 10.1. The molecule has 0 radical (unpaired) electrons. The summed E-state index contributed by atoms with van der Waals surface area (Å²) in [5, 5.41) is 6.15. The summed E-state index contributed by atoms with van der Waals surface area (Å²) in [7, 11) is 1.67. The molecule has 0 aliphatic carbocycles. The minimum atomic E-state index is 0.0504. The minimum Gasteiger partial charge on any atom is -0.359 e. The molecular weight excluding hydrogens is 488 g/mol. The predicted octanol–water partition coefficient (Wildman–Crippen LogP) is 5.38. The third kappa shape index (κ3) is 9.82. The lowest BCUT2D eigenvalue weighted by molar-refractivity contribution is -0.120.